The lowest BCUT2D eigenvalue weighted by Gasteiger charge is -2.46. The molecule has 226 valence electrons. The van der Waals surface area contributed by atoms with Crippen LogP contribution in [0, 0.1) is 11.7 Å². The molecule has 1 N–H and O–H groups in total. The second-order valence-electron chi connectivity index (χ2n) is 13.6. The summed E-state index contributed by atoms with van der Waals surface area (Å²) in [6, 6.07) is 7.15. The number of amides is 2. The van der Waals surface area contributed by atoms with Crippen LogP contribution in [0.1, 0.15) is 88.6 Å². The standard InChI is InChI=1S/C35H42FN5O2/c1-20(2)40(21(3)4)34(42)29-17-24(36)7-12-31(29)39-19-30(28-13-14-37-18-32(28)39)23-15-26-10-11-27(16-23)41(26)35(43)33-22-5-8-25(38-33)9-6-22/h7,12-15,17-22,25-27,33,38H,5-6,8-11,16H2,1-4H3. The van der Waals surface area contributed by atoms with Gasteiger partial charge in [-0.2, -0.15) is 0 Å². The molecule has 1 aromatic carbocycles. The summed E-state index contributed by atoms with van der Waals surface area (Å²) < 4.78 is 16.6. The van der Waals surface area contributed by atoms with E-state index < -0.39 is 5.82 Å². The quantitative estimate of drug-likeness (QED) is 0.381. The molecule has 8 heteroatoms. The van der Waals surface area contributed by atoms with Gasteiger partial charge < -0.3 is 19.7 Å². The molecule has 8 rings (SSSR count). The Morgan fingerprint density at radius 1 is 1.02 bits per heavy atom. The van der Waals surface area contributed by atoms with Crippen LogP contribution < -0.4 is 5.32 Å². The second kappa shape index (κ2) is 10.9. The SMILES string of the molecule is CC(C)N(C(=O)c1cc(F)ccc1-n1cc(C2=CC3CCC(C2)N3C(=O)C2NC3CCC2CC3)c2ccncc21)C(C)C. The minimum Gasteiger partial charge on any atom is -0.334 e. The molecule has 3 saturated heterocycles. The third kappa shape index (κ3) is 4.78. The van der Waals surface area contributed by atoms with Gasteiger partial charge in [-0.1, -0.05) is 6.08 Å². The van der Waals surface area contributed by atoms with Gasteiger partial charge in [-0.25, -0.2) is 4.39 Å². The van der Waals surface area contributed by atoms with E-state index >= 15 is 0 Å². The summed E-state index contributed by atoms with van der Waals surface area (Å²) in [6.45, 7) is 7.93. The number of nitrogens with one attached hydrogen (secondary N) is 1. The van der Waals surface area contributed by atoms with E-state index in [0.29, 0.717) is 23.2 Å². The van der Waals surface area contributed by atoms with Gasteiger partial charge in [0.05, 0.1) is 35.0 Å². The Morgan fingerprint density at radius 3 is 2.47 bits per heavy atom. The minimum atomic E-state index is -0.439. The molecule has 2 amide bonds. The average Bonchev–Trinajstić information content (AvgIpc) is 3.51. The van der Waals surface area contributed by atoms with Crippen molar-refractivity contribution in [3.8, 4) is 5.69 Å². The third-order valence-corrected chi connectivity index (χ3v) is 10.3. The van der Waals surface area contributed by atoms with E-state index in [-0.39, 0.29) is 42.0 Å². The number of carbonyl (C=O) groups is 2. The van der Waals surface area contributed by atoms with Crippen LogP contribution in [0.15, 0.2) is 48.9 Å². The van der Waals surface area contributed by atoms with Crippen molar-refractivity contribution in [3.63, 3.8) is 0 Å². The zero-order chi connectivity index (χ0) is 30.0. The molecule has 43 heavy (non-hydrogen) atoms. The van der Waals surface area contributed by atoms with Crippen LogP contribution in [0.25, 0.3) is 22.2 Å². The largest absolute Gasteiger partial charge is 0.334 e. The van der Waals surface area contributed by atoms with Gasteiger partial charge in [0.25, 0.3) is 5.91 Å². The number of aromatic nitrogens is 2. The molecule has 3 atom stereocenters. The maximum absolute atomic E-state index is 14.6. The van der Waals surface area contributed by atoms with Crippen LogP contribution in [0.4, 0.5) is 4.39 Å². The average molecular weight is 584 g/mol. The first-order valence-corrected chi connectivity index (χ1v) is 16.1. The lowest BCUT2D eigenvalue weighted by atomic mass is 9.75. The van der Waals surface area contributed by atoms with Crippen molar-refractivity contribution in [2.24, 2.45) is 5.92 Å². The predicted octanol–water partition coefficient (Wildman–Crippen LogP) is 6.10. The predicted molar refractivity (Wildman–Crippen MR) is 166 cm³/mol. The molecular weight excluding hydrogens is 541 g/mol. The van der Waals surface area contributed by atoms with Crippen LogP contribution >= 0.6 is 0 Å². The van der Waals surface area contributed by atoms with E-state index in [1.807, 2.05) is 44.5 Å². The van der Waals surface area contributed by atoms with Crippen LogP contribution in [-0.4, -0.2) is 67.4 Å². The fourth-order valence-electron chi connectivity index (χ4n) is 8.44. The first kappa shape index (κ1) is 28.3. The summed E-state index contributed by atoms with van der Waals surface area (Å²) in [5, 5.41) is 4.71. The van der Waals surface area contributed by atoms with E-state index in [1.165, 1.54) is 30.5 Å². The number of pyridine rings is 1. The van der Waals surface area contributed by atoms with E-state index in [2.05, 4.69) is 27.5 Å². The van der Waals surface area contributed by atoms with E-state index in [1.54, 1.807) is 17.2 Å². The normalized spacial score (nSPS) is 26.4. The summed E-state index contributed by atoms with van der Waals surface area (Å²) in [6.07, 6.45) is 15.5. The Kier molecular flexibility index (Phi) is 7.15. The summed E-state index contributed by atoms with van der Waals surface area (Å²) in [5.74, 6) is 0.119. The van der Waals surface area contributed by atoms with Gasteiger partial charge in [-0.3, -0.25) is 14.6 Å². The molecule has 4 aliphatic heterocycles. The fraction of sp³-hybridized carbons (Fsp3) is 0.514. The maximum Gasteiger partial charge on any atom is 0.256 e. The van der Waals surface area contributed by atoms with Crippen molar-refractivity contribution in [1.82, 2.24) is 24.7 Å². The molecule has 0 radical (unpaired) electrons. The van der Waals surface area contributed by atoms with Gasteiger partial charge in [0.1, 0.15) is 5.82 Å². The Hall–Kier alpha value is -3.52. The minimum absolute atomic E-state index is 0.0326. The monoisotopic (exact) mass is 583 g/mol. The Labute approximate surface area is 253 Å². The van der Waals surface area contributed by atoms with Crippen LogP contribution in [0.3, 0.4) is 0 Å². The van der Waals surface area contributed by atoms with Crippen molar-refractivity contribution in [2.45, 2.75) is 109 Å². The topological polar surface area (TPSA) is 70.5 Å². The van der Waals surface area contributed by atoms with Gasteiger partial charge >= 0.3 is 0 Å². The van der Waals surface area contributed by atoms with E-state index in [4.69, 9.17) is 0 Å². The number of carbonyl (C=O) groups excluding carboxylic acids is 2. The molecule has 3 unspecified atom stereocenters. The summed E-state index contributed by atoms with van der Waals surface area (Å²) in [5.41, 5.74) is 4.15. The maximum atomic E-state index is 14.6. The van der Waals surface area contributed by atoms with Crippen molar-refractivity contribution in [3.05, 3.63) is 65.9 Å². The number of rotatable bonds is 6. The van der Waals surface area contributed by atoms with Crippen molar-refractivity contribution in [2.75, 3.05) is 0 Å². The van der Waals surface area contributed by atoms with Crippen molar-refractivity contribution < 1.29 is 14.0 Å². The highest BCUT2D eigenvalue weighted by atomic mass is 19.1. The van der Waals surface area contributed by atoms with Crippen LogP contribution in [0.2, 0.25) is 0 Å². The lowest BCUT2D eigenvalue weighted by Crippen LogP contribution is -2.61. The Bertz CT molecular complexity index is 1590. The lowest BCUT2D eigenvalue weighted by molar-refractivity contribution is -0.139. The molecule has 4 bridgehead atoms. The molecule has 6 heterocycles. The highest BCUT2D eigenvalue weighted by Crippen LogP contribution is 2.43. The van der Waals surface area contributed by atoms with Gasteiger partial charge in [-0.05, 0) is 108 Å². The molecule has 1 aliphatic carbocycles. The number of benzene rings is 1. The molecule has 3 aromatic rings. The Morgan fingerprint density at radius 2 is 1.79 bits per heavy atom. The Balaban J connectivity index is 1.26. The van der Waals surface area contributed by atoms with Gasteiger partial charge in [-0.15, -0.1) is 0 Å². The van der Waals surface area contributed by atoms with Crippen molar-refractivity contribution in [1.29, 1.82) is 0 Å². The third-order valence-electron chi connectivity index (χ3n) is 10.3. The molecule has 4 fully saturated rings. The summed E-state index contributed by atoms with van der Waals surface area (Å²) >= 11 is 0. The van der Waals surface area contributed by atoms with Crippen LogP contribution in [0.5, 0.6) is 0 Å². The number of piperidine rings is 2. The molecule has 1 saturated carbocycles. The number of hydrogen-bond acceptors (Lipinski definition) is 4. The smallest absolute Gasteiger partial charge is 0.256 e. The van der Waals surface area contributed by atoms with Gasteiger partial charge in [0.15, 0.2) is 0 Å². The number of fused-ring (bicyclic) bond motifs is 6. The van der Waals surface area contributed by atoms with Gasteiger partial charge in [0.2, 0.25) is 5.91 Å². The fourth-order valence-corrected chi connectivity index (χ4v) is 8.44. The zero-order valence-electron chi connectivity index (χ0n) is 25.6. The molecule has 5 aliphatic rings. The number of nitrogens with zero attached hydrogens (tertiary/aromatic N) is 4. The van der Waals surface area contributed by atoms with Gasteiger partial charge in [0, 0.05) is 47.5 Å². The molecule has 7 nitrogen and oxygen atoms in total. The number of hydrogen-bond donors (Lipinski definition) is 1. The van der Waals surface area contributed by atoms with Crippen LogP contribution in [-0.2, 0) is 4.79 Å². The zero-order valence-corrected chi connectivity index (χ0v) is 25.6. The van der Waals surface area contributed by atoms with E-state index in [0.717, 1.165) is 48.6 Å². The summed E-state index contributed by atoms with van der Waals surface area (Å²) in [7, 11) is 0. The highest BCUT2D eigenvalue weighted by molar-refractivity contribution is 6.00. The second-order valence-corrected chi connectivity index (χ2v) is 13.6. The van der Waals surface area contributed by atoms with Crippen molar-refractivity contribution >= 4 is 28.3 Å². The first-order chi connectivity index (χ1) is 20.7. The summed E-state index contributed by atoms with van der Waals surface area (Å²) in [4.78, 5) is 36.2. The molecule has 2 aromatic heterocycles. The molecular formula is C35H42FN5O2. The molecule has 0 spiro atoms. The number of halogens is 1. The van der Waals surface area contributed by atoms with E-state index in [9.17, 15) is 14.0 Å². The first-order valence-electron chi connectivity index (χ1n) is 16.1. The highest BCUT2D eigenvalue weighted by Gasteiger charge is 2.46.